The van der Waals surface area contributed by atoms with E-state index in [4.69, 9.17) is 4.74 Å². The van der Waals surface area contributed by atoms with Gasteiger partial charge in [-0.25, -0.2) is 4.39 Å². The predicted molar refractivity (Wildman–Crippen MR) is 108 cm³/mol. The number of thioether (sulfide) groups is 1. The van der Waals surface area contributed by atoms with Gasteiger partial charge in [0.2, 0.25) is 0 Å². The normalized spacial score (nSPS) is 10.8. The fourth-order valence-corrected chi connectivity index (χ4v) is 3.91. The van der Waals surface area contributed by atoms with E-state index in [-0.39, 0.29) is 17.4 Å². The van der Waals surface area contributed by atoms with Crippen molar-refractivity contribution in [2.75, 3.05) is 12.4 Å². The van der Waals surface area contributed by atoms with Crippen LogP contribution >= 0.6 is 11.8 Å². The van der Waals surface area contributed by atoms with Crippen LogP contribution in [0.5, 0.6) is 5.75 Å². The van der Waals surface area contributed by atoms with E-state index in [0.717, 1.165) is 22.8 Å². The molecule has 1 aromatic heterocycles. The first-order valence-electron chi connectivity index (χ1n) is 8.84. The molecule has 27 heavy (non-hydrogen) atoms. The highest BCUT2D eigenvalue weighted by molar-refractivity contribution is 8.00. The average Bonchev–Trinajstić information content (AvgIpc) is 2.96. The van der Waals surface area contributed by atoms with E-state index >= 15 is 0 Å². The van der Waals surface area contributed by atoms with Crippen molar-refractivity contribution in [3.05, 3.63) is 77.4 Å². The van der Waals surface area contributed by atoms with Crippen LogP contribution in [0.3, 0.4) is 0 Å². The summed E-state index contributed by atoms with van der Waals surface area (Å²) in [6.45, 7) is 6.49. The molecule has 0 saturated heterocycles. The van der Waals surface area contributed by atoms with E-state index in [0.29, 0.717) is 17.1 Å². The van der Waals surface area contributed by atoms with E-state index in [1.165, 1.54) is 17.8 Å². The molecule has 0 unspecified atom stereocenters. The standard InChI is InChI=1S/C22H22FNO2S/c1-4-26-18-11-9-17(10-12-18)24-15(2)13-19(16(24)3)21(25)14-27-22-8-6-5-7-20(22)23/h5-13H,4,14H2,1-3H3. The molecule has 0 saturated carbocycles. The van der Waals surface area contributed by atoms with Gasteiger partial charge >= 0.3 is 0 Å². The molecule has 3 nitrogen and oxygen atoms in total. The summed E-state index contributed by atoms with van der Waals surface area (Å²) in [5, 5.41) is 0. The van der Waals surface area contributed by atoms with Gasteiger partial charge in [0.1, 0.15) is 11.6 Å². The highest BCUT2D eigenvalue weighted by atomic mass is 32.2. The van der Waals surface area contributed by atoms with Crippen molar-refractivity contribution < 1.29 is 13.9 Å². The predicted octanol–water partition coefficient (Wildman–Crippen LogP) is 5.61. The van der Waals surface area contributed by atoms with Gasteiger partial charge in [0.05, 0.1) is 12.4 Å². The topological polar surface area (TPSA) is 31.2 Å². The average molecular weight is 383 g/mol. The number of halogens is 1. The Kier molecular flexibility index (Phi) is 6.01. The first-order valence-corrected chi connectivity index (χ1v) is 9.82. The minimum absolute atomic E-state index is 0.00598. The lowest BCUT2D eigenvalue weighted by Gasteiger charge is -2.11. The van der Waals surface area contributed by atoms with Crippen LogP contribution in [0.2, 0.25) is 0 Å². The Labute approximate surface area is 163 Å². The molecular weight excluding hydrogens is 361 g/mol. The highest BCUT2D eigenvalue weighted by Gasteiger charge is 2.17. The summed E-state index contributed by atoms with van der Waals surface area (Å²) in [4.78, 5) is 13.2. The zero-order chi connectivity index (χ0) is 19.4. The number of carbonyl (C=O) groups excluding carboxylic acids is 1. The first kappa shape index (κ1) is 19.2. The number of ketones is 1. The van der Waals surface area contributed by atoms with E-state index < -0.39 is 0 Å². The van der Waals surface area contributed by atoms with Crippen molar-refractivity contribution >= 4 is 17.5 Å². The van der Waals surface area contributed by atoms with Gasteiger partial charge in [-0.3, -0.25) is 4.79 Å². The Morgan fingerprint density at radius 3 is 2.48 bits per heavy atom. The number of aryl methyl sites for hydroxylation is 1. The number of carbonyl (C=O) groups is 1. The minimum Gasteiger partial charge on any atom is -0.494 e. The van der Waals surface area contributed by atoms with Crippen LogP contribution in [0.1, 0.15) is 28.7 Å². The summed E-state index contributed by atoms with van der Waals surface area (Å²) in [6, 6.07) is 16.2. The van der Waals surface area contributed by atoms with Gasteiger partial charge in [-0.2, -0.15) is 0 Å². The molecular formula is C22H22FNO2S. The Hall–Kier alpha value is -2.53. The molecule has 0 bridgehead atoms. The number of benzene rings is 2. The molecule has 0 N–H and O–H groups in total. The summed E-state index contributed by atoms with van der Waals surface area (Å²) in [6.07, 6.45) is 0. The molecule has 5 heteroatoms. The van der Waals surface area contributed by atoms with Crippen molar-refractivity contribution in [2.24, 2.45) is 0 Å². The van der Waals surface area contributed by atoms with Crippen LogP contribution < -0.4 is 4.74 Å². The number of hydrogen-bond acceptors (Lipinski definition) is 3. The molecule has 0 spiro atoms. The molecule has 0 fully saturated rings. The number of hydrogen-bond donors (Lipinski definition) is 0. The Morgan fingerprint density at radius 2 is 1.81 bits per heavy atom. The van der Waals surface area contributed by atoms with Crippen molar-refractivity contribution in [2.45, 2.75) is 25.7 Å². The summed E-state index contributed by atoms with van der Waals surface area (Å²) in [7, 11) is 0. The number of aromatic nitrogens is 1. The third kappa shape index (κ3) is 4.25. The second-order valence-corrected chi connectivity index (χ2v) is 7.21. The third-order valence-corrected chi connectivity index (χ3v) is 5.38. The van der Waals surface area contributed by atoms with Gasteiger partial charge in [0.15, 0.2) is 5.78 Å². The van der Waals surface area contributed by atoms with Gasteiger partial charge in [-0.15, -0.1) is 11.8 Å². The van der Waals surface area contributed by atoms with E-state index in [1.807, 2.05) is 51.1 Å². The number of nitrogens with zero attached hydrogens (tertiary/aromatic N) is 1. The Morgan fingerprint density at radius 1 is 1.11 bits per heavy atom. The van der Waals surface area contributed by atoms with E-state index in [9.17, 15) is 9.18 Å². The molecule has 2 aromatic carbocycles. The summed E-state index contributed by atoms with van der Waals surface area (Å²) in [5.41, 5.74) is 3.52. The molecule has 3 aromatic rings. The van der Waals surface area contributed by atoms with Crippen molar-refractivity contribution in [3.8, 4) is 11.4 Å². The zero-order valence-corrected chi connectivity index (χ0v) is 16.5. The lowest BCUT2D eigenvalue weighted by molar-refractivity contribution is 0.102. The quantitative estimate of drug-likeness (QED) is 0.393. The maximum absolute atomic E-state index is 13.8. The number of ether oxygens (including phenoxy) is 1. The molecule has 0 amide bonds. The summed E-state index contributed by atoms with van der Waals surface area (Å²) in [5.74, 6) is 0.721. The van der Waals surface area contributed by atoms with E-state index in [2.05, 4.69) is 4.57 Å². The van der Waals surface area contributed by atoms with Crippen LogP contribution in [0.4, 0.5) is 4.39 Å². The minimum atomic E-state index is -0.296. The second kappa shape index (κ2) is 8.44. The molecule has 0 aliphatic heterocycles. The summed E-state index contributed by atoms with van der Waals surface area (Å²) >= 11 is 1.23. The maximum Gasteiger partial charge on any atom is 0.174 e. The monoisotopic (exact) mass is 383 g/mol. The van der Waals surface area contributed by atoms with Gasteiger partial charge < -0.3 is 9.30 Å². The Balaban J connectivity index is 1.80. The molecule has 0 aliphatic carbocycles. The zero-order valence-electron chi connectivity index (χ0n) is 15.7. The lowest BCUT2D eigenvalue weighted by Crippen LogP contribution is -2.06. The van der Waals surface area contributed by atoms with Crippen LogP contribution in [-0.2, 0) is 0 Å². The van der Waals surface area contributed by atoms with Gasteiger partial charge in [0, 0.05) is 27.5 Å². The Bertz CT molecular complexity index is 947. The highest BCUT2D eigenvalue weighted by Crippen LogP contribution is 2.26. The smallest absolute Gasteiger partial charge is 0.174 e. The SMILES string of the molecule is CCOc1ccc(-n2c(C)cc(C(=O)CSc3ccccc3F)c2C)cc1. The fourth-order valence-electron chi connectivity index (χ4n) is 3.08. The maximum atomic E-state index is 13.8. The van der Waals surface area contributed by atoms with Crippen molar-refractivity contribution in [1.29, 1.82) is 0 Å². The second-order valence-electron chi connectivity index (χ2n) is 6.19. The van der Waals surface area contributed by atoms with Gasteiger partial charge in [-0.05, 0) is 63.2 Å². The van der Waals surface area contributed by atoms with Crippen LogP contribution in [-0.4, -0.2) is 22.7 Å². The third-order valence-electron chi connectivity index (χ3n) is 4.33. The fraction of sp³-hybridized carbons (Fsp3) is 0.227. The van der Waals surface area contributed by atoms with Crippen molar-refractivity contribution in [1.82, 2.24) is 4.57 Å². The van der Waals surface area contributed by atoms with Crippen LogP contribution in [0.15, 0.2) is 59.5 Å². The molecule has 140 valence electrons. The largest absolute Gasteiger partial charge is 0.494 e. The van der Waals surface area contributed by atoms with Gasteiger partial charge in [-0.1, -0.05) is 12.1 Å². The van der Waals surface area contributed by atoms with Crippen LogP contribution in [0, 0.1) is 19.7 Å². The number of rotatable bonds is 7. The lowest BCUT2D eigenvalue weighted by atomic mass is 10.2. The molecule has 0 atom stereocenters. The van der Waals surface area contributed by atoms with Crippen molar-refractivity contribution in [3.63, 3.8) is 0 Å². The van der Waals surface area contributed by atoms with Crippen LogP contribution in [0.25, 0.3) is 5.69 Å². The molecule has 1 heterocycles. The summed E-state index contributed by atoms with van der Waals surface area (Å²) < 4.78 is 21.3. The first-order chi connectivity index (χ1) is 13.0. The number of Topliss-reactive ketones (excluding diaryl/α,β-unsaturated/α-hetero) is 1. The molecule has 3 rings (SSSR count). The van der Waals surface area contributed by atoms with Gasteiger partial charge in [0.25, 0.3) is 0 Å². The molecule has 0 radical (unpaired) electrons. The van der Waals surface area contributed by atoms with E-state index in [1.54, 1.807) is 18.2 Å². The molecule has 0 aliphatic rings.